The minimum atomic E-state index is -3.64. The van der Waals surface area contributed by atoms with Crippen LogP contribution >= 0.6 is 11.3 Å². The predicted molar refractivity (Wildman–Crippen MR) is 94.3 cm³/mol. The molecule has 1 fully saturated rings. The molecule has 1 aliphatic heterocycles. The summed E-state index contributed by atoms with van der Waals surface area (Å²) in [6.07, 6.45) is 2.22. The number of rotatable bonds is 6. The third-order valence-corrected chi connectivity index (χ3v) is 6.85. The lowest BCUT2D eigenvalue weighted by Gasteiger charge is -2.31. The number of halogens is 1. The van der Waals surface area contributed by atoms with Crippen LogP contribution in [-0.2, 0) is 10.0 Å². The Morgan fingerprint density at radius 3 is 2.67 bits per heavy atom. The summed E-state index contributed by atoms with van der Waals surface area (Å²) in [4.78, 5) is 3.69. The summed E-state index contributed by atoms with van der Waals surface area (Å²) in [6.45, 7) is 2.96. The fourth-order valence-electron chi connectivity index (χ4n) is 3.02. The number of nitrogens with zero attached hydrogens (tertiary/aromatic N) is 1. The highest BCUT2D eigenvalue weighted by atomic mass is 32.2. The first kappa shape index (κ1) is 17.5. The zero-order chi connectivity index (χ0) is 17.0. The van der Waals surface area contributed by atoms with Gasteiger partial charge in [-0.25, -0.2) is 17.5 Å². The van der Waals surface area contributed by atoms with Gasteiger partial charge in [0, 0.05) is 18.0 Å². The van der Waals surface area contributed by atoms with E-state index in [1.807, 2.05) is 11.3 Å². The molecule has 2 aromatic rings. The van der Waals surface area contributed by atoms with Crippen LogP contribution in [0.5, 0.6) is 0 Å². The number of hydrogen-bond acceptors (Lipinski definition) is 4. The van der Waals surface area contributed by atoms with Gasteiger partial charge in [-0.05, 0) is 61.5 Å². The van der Waals surface area contributed by atoms with Crippen LogP contribution in [0, 0.1) is 5.82 Å². The van der Waals surface area contributed by atoms with E-state index >= 15 is 0 Å². The molecule has 1 aromatic heterocycles. The molecule has 24 heavy (non-hydrogen) atoms. The lowest BCUT2D eigenvalue weighted by atomic mass is 9.95. The van der Waals surface area contributed by atoms with Crippen LogP contribution in [-0.4, -0.2) is 39.5 Å². The summed E-state index contributed by atoms with van der Waals surface area (Å²) in [5.74, 6) is 0.0822. The fraction of sp³-hybridized carbons (Fsp3) is 0.412. The number of piperidine rings is 1. The van der Waals surface area contributed by atoms with Crippen molar-refractivity contribution in [3.8, 4) is 0 Å². The Kier molecular flexibility index (Phi) is 5.65. The molecular weight excluding hydrogens is 347 g/mol. The molecule has 3 rings (SSSR count). The zero-order valence-electron chi connectivity index (χ0n) is 13.3. The average molecular weight is 368 g/mol. The van der Waals surface area contributed by atoms with Crippen LogP contribution in [0.3, 0.4) is 0 Å². The standard InChI is InChI=1S/C17H21FN2O2S2/c18-15-3-1-4-16(13-15)24(21,22)19-8-11-20-9-6-14(7-10-20)17-5-2-12-23-17/h1-5,12-14,19H,6-11H2. The molecule has 0 spiro atoms. The van der Waals surface area contributed by atoms with Gasteiger partial charge in [0.25, 0.3) is 0 Å². The van der Waals surface area contributed by atoms with E-state index in [1.54, 1.807) is 0 Å². The topological polar surface area (TPSA) is 49.4 Å². The Morgan fingerprint density at radius 1 is 1.21 bits per heavy atom. The highest BCUT2D eigenvalue weighted by Crippen LogP contribution is 2.30. The van der Waals surface area contributed by atoms with Crippen LogP contribution in [0.25, 0.3) is 0 Å². The fourth-order valence-corrected chi connectivity index (χ4v) is 4.97. The van der Waals surface area contributed by atoms with Crippen molar-refractivity contribution in [3.63, 3.8) is 0 Å². The molecule has 0 atom stereocenters. The van der Waals surface area contributed by atoms with Crippen LogP contribution in [0.15, 0.2) is 46.7 Å². The third kappa shape index (κ3) is 4.42. The van der Waals surface area contributed by atoms with Crippen LogP contribution in [0.4, 0.5) is 4.39 Å². The van der Waals surface area contributed by atoms with E-state index < -0.39 is 15.8 Å². The van der Waals surface area contributed by atoms with Gasteiger partial charge < -0.3 is 4.90 Å². The van der Waals surface area contributed by atoms with Gasteiger partial charge >= 0.3 is 0 Å². The lowest BCUT2D eigenvalue weighted by molar-refractivity contribution is 0.217. The molecule has 2 heterocycles. The van der Waals surface area contributed by atoms with Crippen LogP contribution < -0.4 is 4.72 Å². The largest absolute Gasteiger partial charge is 0.302 e. The molecule has 1 N–H and O–H groups in total. The minimum absolute atomic E-state index is 0.0288. The first-order valence-corrected chi connectivity index (χ1v) is 10.4. The molecule has 0 saturated carbocycles. The number of benzene rings is 1. The highest BCUT2D eigenvalue weighted by molar-refractivity contribution is 7.89. The molecule has 1 aromatic carbocycles. The molecule has 1 saturated heterocycles. The monoisotopic (exact) mass is 368 g/mol. The second-order valence-corrected chi connectivity index (χ2v) is 8.73. The molecule has 130 valence electrons. The number of hydrogen-bond donors (Lipinski definition) is 1. The van der Waals surface area contributed by atoms with E-state index in [0.717, 1.165) is 32.0 Å². The Labute approximate surface area is 146 Å². The van der Waals surface area contributed by atoms with Crippen molar-refractivity contribution in [2.75, 3.05) is 26.2 Å². The van der Waals surface area contributed by atoms with Gasteiger partial charge in [-0.15, -0.1) is 11.3 Å². The summed E-state index contributed by atoms with van der Waals surface area (Å²) in [5, 5.41) is 2.11. The Morgan fingerprint density at radius 2 is 2.00 bits per heavy atom. The zero-order valence-corrected chi connectivity index (χ0v) is 15.0. The van der Waals surface area contributed by atoms with E-state index in [-0.39, 0.29) is 4.90 Å². The van der Waals surface area contributed by atoms with E-state index in [1.165, 1.54) is 23.1 Å². The van der Waals surface area contributed by atoms with Crippen molar-refractivity contribution in [1.82, 2.24) is 9.62 Å². The van der Waals surface area contributed by atoms with Crippen molar-refractivity contribution in [2.45, 2.75) is 23.7 Å². The van der Waals surface area contributed by atoms with Crippen molar-refractivity contribution in [1.29, 1.82) is 0 Å². The first-order chi connectivity index (χ1) is 11.5. The summed E-state index contributed by atoms with van der Waals surface area (Å²) >= 11 is 1.81. The number of likely N-dealkylation sites (tertiary alicyclic amines) is 1. The Balaban J connectivity index is 1.45. The summed E-state index contributed by atoms with van der Waals surface area (Å²) in [7, 11) is -3.64. The summed E-state index contributed by atoms with van der Waals surface area (Å²) in [6, 6.07) is 9.36. The number of nitrogens with one attached hydrogen (secondary N) is 1. The van der Waals surface area contributed by atoms with Crippen LogP contribution in [0.2, 0.25) is 0 Å². The second kappa shape index (κ2) is 7.74. The predicted octanol–water partition coefficient (Wildman–Crippen LogP) is 3.05. The molecule has 0 unspecified atom stereocenters. The number of sulfonamides is 1. The Hall–Kier alpha value is -1.28. The molecule has 0 aliphatic carbocycles. The molecule has 0 bridgehead atoms. The molecule has 0 amide bonds. The van der Waals surface area contributed by atoms with Crippen LogP contribution in [0.1, 0.15) is 23.6 Å². The molecule has 7 heteroatoms. The van der Waals surface area contributed by atoms with E-state index in [9.17, 15) is 12.8 Å². The molecule has 4 nitrogen and oxygen atoms in total. The number of thiophene rings is 1. The van der Waals surface area contributed by atoms with E-state index in [0.29, 0.717) is 19.0 Å². The van der Waals surface area contributed by atoms with Gasteiger partial charge in [0.05, 0.1) is 4.90 Å². The van der Waals surface area contributed by atoms with Gasteiger partial charge in [-0.3, -0.25) is 0 Å². The second-order valence-electron chi connectivity index (χ2n) is 5.99. The molecular formula is C17H21FN2O2S2. The van der Waals surface area contributed by atoms with E-state index in [2.05, 4.69) is 27.1 Å². The maximum absolute atomic E-state index is 13.2. The highest BCUT2D eigenvalue weighted by Gasteiger charge is 2.21. The van der Waals surface area contributed by atoms with Gasteiger partial charge in [0.1, 0.15) is 5.82 Å². The maximum atomic E-state index is 13.2. The average Bonchev–Trinajstić information content (AvgIpc) is 3.10. The third-order valence-electron chi connectivity index (χ3n) is 4.36. The lowest BCUT2D eigenvalue weighted by Crippen LogP contribution is -2.39. The molecule has 1 aliphatic rings. The summed E-state index contributed by atoms with van der Waals surface area (Å²) in [5.41, 5.74) is 0. The minimum Gasteiger partial charge on any atom is -0.302 e. The van der Waals surface area contributed by atoms with Crippen molar-refractivity contribution in [2.24, 2.45) is 0 Å². The summed E-state index contributed by atoms with van der Waals surface area (Å²) < 4.78 is 40.0. The van der Waals surface area contributed by atoms with Crippen molar-refractivity contribution < 1.29 is 12.8 Å². The Bertz CT molecular complexity index is 755. The van der Waals surface area contributed by atoms with Crippen molar-refractivity contribution in [3.05, 3.63) is 52.5 Å². The van der Waals surface area contributed by atoms with Gasteiger partial charge in [-0.1, -0.05) is 12.1 Å². The van der Waals surface area contributed by atoms with Crippen molar-refractivity contribution >= 4 is 21.4 Å². The van der Waals surface area contributed by atoms with E-state index in [4.69, 9.17) is 0 Å². The normalized spacial score (nSPS) is 17.2. The molecule has 0 radical (unpaired) electrons. The SMILES string of the molecule is O=S(=O)(NCCN1CCC(c2cccs2)CC1)c1cccc(F)c1. The van der Waals surface area contributed by atoms with Gasteiger partial charge in [-0.2, -0.15) is 0 Å². The first-order valence-electron chi connectivity index (χ1n) is 8.05. The van der Waals surface area contributed by atoms with Gasteiger partial charge in [0.2, 0.25) is 10.0 Å². The maximum Gasteiger partial charge on any atom is 0.240 e. The van der Waals surface area contributed by atoms with Gasteiger partial charge in [0.15, 0.2) is 0 Å². The smallest absolute Gasteiger partial charge is 0.240 e. The quantitative estimate of drug-likeness (QED) is 0.853.